The summed E-state index contributed by atoms with van der Waals surface area (Å²) in [5, 5.41) is 0. The van der Waals surface area contributed by atoms with Gasteiger partial charge in [0, 0.05) is 0 Å². The van der Waals surface area contributed by atoms with Crippen LogP contribution in [0.25, 0.3) is 0 Å². The fourth-order valence-corrected chi connectivity index (χ4v) is 3.36. The molecule has 0 radical (unpaired) electrons. The lowest BCUT2D eigenvalue weighted by Crippen LogP contribution is -2.09. The minimum absolute atomic E-state index is 0.269. The van der Waals surface area contributed by atoms with Crippen LogP contribution in [-0.4, -0.2) is 25.8 Å². The van der Waals surface area contributed by atoms with Crippen molar-refractivity contribution < 1.29 is 19.0 Å². The predicted molar refractivity (Wildman–Crippen MR) is 126 cm³/mol. The first-order chi connectivity index (χ1) is 15.3. The molecule has 2 rings (SSSR count). The van der Waals surface area contributed by atoms with Gasteiger partial charge in [-0.2, -0.15) is 0 Å². The zero-order valence-corrected chi connectivity index (χ0v) is 19.0. The minimum atomic E-state index is -0.269. The molecule has 170 valence electrons. The van der Waals surface area contributed by atoms with Crippen molar-refractivity contribution in [3.05, 3.63) is 60.2 Å². The van der Waals surface area contributed by atoms with Crippen LogP contribution in [-0.2, 0) is 4.74 Å². The standard InChI is InChI=1S/C27H38O4/c1-2-3-4-5-6-7-8-9-10-14-21-31-27(28)24-17-19-26(20-18-24)30-23-22-29-25-15-12-11-13-16-25/h11-13,15-20H,2-10,14,21-23H2,1H3. The lowest BCUT2D eigenvalue weighted by molar-refractivity contribution is 0.0497. The quantitative estimate of drug-likeness (QED) is 0.198. The molecule has 0 heterocycles. The monoisotopic (exact) mass is 426 g/mol. The second-order valence-electron chi connectivity index (χ2n) is 7.85. The molecule has 2 aromatic carbocycles. The molecule has 0 amide bonds. The fourth-order valence-electron chi connectivity index (χ4n) is 3.36. The third kappa shape index (κ3) is 11.5. The highest BCUT2D eigenvalue weighted by Crippen LogP contribution is 2.14. The third-order valence-corrected chi connectivity index (χ3v) is 5.19. The van der Waals surface area contributed by atoms with Crippen LogP contribution >= 0.6 is 0 Å². The van der Waals surface area contributed by atoms with Crippen LogP contribution < -0.4 is 9.47 Å². The predicted octanol–water partition coefficient (Wildman–Crippen LogP) is 7.22. The van der Waals surface area contributed by atoms with Gasteiger partial charge in [0.05, 0.1) is 12.2 Å². The average Bonchev–Trinajstić information content (AvgIpc) is 2.81. The van der Waals surface area contributed by atoms with E-state index < -0.39 is 0 Å². The molecule has 4 nitrogen and oxygen atoms in total. The summed E-state index contributed by atoms with van der Waals surface area (Å²) in [7, 11) is 0. The normalized spacial score (nSPS) is 10.6. The molecule has 2 aromatic rings. The van der Waals surface area contributed by atoms with E-state index in [1.54, 1.807) is 24.3 Å². The highest BCUT2D eigenvalue weighted by Gasteiger charge is 2.07. The molecule has 0 bridgehead atoms. The number of unbranched alkanes of at least 4 members (excludes halogenated alkanes) is 9. The van der Waals surface area contributed by atoms with Crippen LogP contribution in [0.4, 0.5) is 0 Å². The molecule has 4 heteroatoms. The van der Waals surface area contributed by atoms with Crippen LogP contribution in [0.3, 0.4) is 0 Å². The molecule has 0 N–H and O–H groups in total. The van der Waals surface area contributed by atoms with Crippen LogP contribution in [0.1, 0.15) is 81.5 Å². The SMILES string of the molecule is CCCCCCCCCCCCOC(=O)c1ccc(OCCOc2ccccc2)cc1. The first-order valence-corrected chi connectivity index (χ1v) is 11.9. The Morgan fingerprint density at radius 1 is 0.613 bits per heavy atom. The van der Waals surface area contributed by atoms with Gasteiger partial charge in [-0.25, -0.2) is 4.79 Å². The smallest absolute Gasteiger partial charge is 0.338 e. The van der Waals surface area contributed by atoms with Gasteiger partial charge in [0.2, 0.25) is 0 Å². The maximum Gasteiger partial charge on any atom is 0.338 e. The van der Waals surface area contributed by atoms with Gasteiger partial charge in [-0.3, -0.25) is 0 Å². The molecule has 0 spiro atoms. The van der Waals surface area contributed by atoms with Crippen molar-refractivity contribution in [1.82, 2.24) is 0 Å². The average molecular weight is 427 g/mol. The largest absolute Gasteiger partial charge is 0.490 e. The topological polar surface area (TPSA) is 44.8 Å². The lowest BCUT2D eigenvalue weighted by Gasteiger charge is -2.09. The summed E-state index contributed by atoms with van der Waals surface area (Å²) in [4.78, 5) is 12.2. The minimum Gasteiger partial charge on any atom is -0.490 e. The second kappa shape index (κ2) is 16.2. The van der Waals surface area contributed by atoms with Gasteiger partial charge in [0.1, 0.15) is 24.7 Å². The van der Waals surface area contributed by atoms with E-state index in [2.05, 4.69) is 6.92 Å². The Morgan fingerprint density at radius 2 is 1.13 bits per heavy atom. The lowest BCUT2D eigenvalue weighted by atomic mass is 10.1. The second-order valence-corrected chi connectivity index (χ2v) is 7.85. The van der Waals surface area contributed by atoms with E-state index in [1.165, 1.54) is 51.4 Å². The van der Waals surface area contributed by atoms with E-state index in [4.69, 9.17) is 14.2 Å². The van der Waals surface area contributed by atoms with Crippen molar-refractivity contribution in [2.45, 2.75) is 71.1 Å². The Balaban J connectivity index is 1.49. The number of carbonyl (C=O) groups excluding carboxylic acids is 1. The highest BCUT2D eigenvalue weighted by atomic mass is 16.5. The number of benzene rings is 2. The van der Waals surface area contributed by atoms with E-state index in [9.17, 15) is 4.79 Å². The van der Waals surface area contributed by atoms with Crippen LogP contribution in [0.5, 0.6) is 11.5 Å². The molecular formula is C27H38O4. The summed E-state index contributed by atoms with van der Waals surface area (Å²) >= 11 is 0. The Bertz CT molecular complexity index is 697. The van der Waals surface area contributed by atoms with Crippen LogP contribution in [0, 0.1) is 0 Å². The summed E-state index contributed by atoms with van der Waals surface area (Å²) in [6, 6.07) is 16.7. The number of esters is 1. The molecule has 31 heavy (non-hydrogen) atoms. The number of hydrogen-bond acceptors (Lipinski definition) is 4. The molecule has 0 aromatic heterocycles. The Labute approximate surface area is 187 Å². The van der Waals surface area contributed by atoms with E-state index in [1.807, 2.05) is 30.3 Å². The van der Waals surface area contributed by atoms with Crippen LogP contribution in [0.15, 0.2) is 54.6 Å². The molecule has 0 saturated carbocycles. The first kappa shape index (κ1) is 24.8. The molecule has 0 aliphatic rings. The molecule has 0 aliphatic carbocycles. The van der Waals surface area contributed by atoms with Gasteiger partial charge >= 0.3 is 5.97 Å². The number of para-hydroxylation sites is 1. The van der Waals surface area contributed by atoms with E-state index >= 15 is 0 Å². The summed E-state index contributed by atoms with van der Waals surface area (Å²) in [6.45, 7) is 3.65. The zero-order valence-electron chi connectivity index (χ0n) is 19.0. The van der Waals surface area contributed by atoms with Gasteiger partial charge in [0.25, 0.3) is 0 Å². The molecule has 0 saturated heterocycles. The molecular weight excluding hydrogens is 388 g/mol. The maximum atomic E-state index is 12.2. The number of rotatable bonds is 17. The van der Waals surface area contributed by atoms with Gasteiger partial charge < -0.3 is 14.2 Å². The van der Waals surface area contributed by atoms with Crippen molar-refractivity contribution in [1.29, 1.82) is 0 Å². The van der Waals surface area contributed by atoms with Gasteiger partial charge in [-0.1, -0.05) is 82.9 Å². The summed E-state index contributed by atoms with van der Waals surface area (Å²) in [5.41, 5.74) is 0.556. The van der Waals surface area contributed by atoms with E-state index in [-0.39, 0.29) is 5.97 Å². The molecule has 0 atom stereocenters. The highest BCUT2D eigenvalue weighted by molar-refractivity contribution is 5.89. The fraction of sp³-hybridized carbons (Fsp3) is 0.519. The Hall–Kier alpha value is -2.49. The van der Waals surface area contributed by atoms with E-state index in [0.29, 0.717) is 31.1 Å². The van der Waals surface area contributed by atoms with Gasteiger partial charge in [0.15, 0.2) is 0 Å². The van der Waals surface area contributed by atoms with Crippen molar-refractivity contribution in [2.24, 2.45) is 0 Å². The first-order valence-electron chi connectivity index (χ1n) is 11.9. The molecule has 0 unspecified atom stereocenters. The Morgan fingerprint density at radius 3 is 1.71 bits per heavy atom. The molecule has 0 fully saturated rings. The van der Waals surface area contributed by atoms with Gasteiger partial charge in [-0.05, 0) is 42.8 Å². The van der Waals surface area contributed by atoms with Crippen molar-refractivity contribution in [2.75, 3.05) is 19.8 Å². The van der Waals surface area contributed by atoms with Crippen molar-refractivity contribution in [3.8, 4) is 11.5 Å². The third-order valence-electron chi connectivity index (χ3n) is 5.19. The number of hydrogen-bond donors (Lipinski definition) is 0. The van der Waals surface area contributed by atoms with Gasteiger partial charge in [-0.15, -0.1) is 0 Å². The number of ether oxygens (including phenoxy) is 3. The van der Waals surface area contributed by atoms with Crippen molar-refractivity contribution >= 4 is 5.97 Å². The summed E-state index contributed by atoms with van der Waals surface area (Å²) < 4.78 is 16.6. The molecule has 0 aliphatic heterocycles. The summed E-state index contributed by atoms with van der Waals surface area (Å²) in [6.07, 6.45) is 12.7. The van der Waals surface area contributed by atoms with Crippen molar-refractivity contribution in [3.63, 3.8) is 0 Å². The number of carbonyl (C=O) groups is 1. The maximum absolute atomic E-state index is 12.2. The zero-order chi connectivity index (χ0) is 22.0. The van der Waals surface area contributed by atoms with Crippen LogP contribution in [0.2, 0.25) is 0 Å². The summed E-state index contributed by atoms with van der Waals surface area (Å²) in [5.74, 6) is 1.27. The van der Waals surface area contributed by atoms with E-state index in [0.717, 1.165) is 18.6 Å². The Kier molecular flexibility index (Phi) is 13.0.